The number of nitro benzene ring substituents is 1. The van der Waals surface area contributed by atoms with E-state index in [1.165, 1.54) is 42.5 Å². The van der Waals surface area contributed by atoms with Crippen LogP contribution in [0.25, 0.3) is 0 Å². The van der Waals surface area contributed by atoms with E-state index < -0.39 is 27.0 Å². The third kappa shape index (κ3) is 3.42. The largest absolute Gasteiger partial charge is 0.478 e. The van der Waals surface area contributed by atoms with Crippen molar-refractivity contribution in [3.63, 3.8) is 0 Å². The molecule has 1 aliphatic heterocycles. The van der Waals surface area contributed by atoms with Crippen LogP contribution in [0.1, 0.15) is 11.6 Å². The monoisotopic (exact) mass is 387 g/mol. The molecule has 1 atom stereocenters. The Morgan fingerprint density at radius 1 is 1.15 bits per heavy atom. The van der Waals surface area contributed by atoms with Gasteiger partial charge < -0.3 is 5.11 Å². The molecule has 0 spiro atoms. The van der Waals surface area contributed by atoms with Gasteiger partial charge in [0.1, 0.15) is 12.4 Å². The number of hydrogen-bond donors (Lipinski definition) is 1. The molecule has 2 aromatic carbocycles. The zero-order valence-electron chi connectivity index (χ0n) is 13.7. The number of nitro groups is 1. The summed E-state index contributed by atoms with van der Waals surface area (Å²) in [5.74, 6) is -1.38. The summed E-state index contributed by atoms with van der Waals surface area (Å²) in [5.41, 5.74) is -0.460. The van der Waals surface area contributed by atoms with E-state index >= 15 is 0 Å². The number of aliphatic carboxylic acids is 1. The lowest BCUT2D eigenvalue weighted by Gasteiger charge is -2.31. The van der Waals surface area contributed by atoms with Crippen molar-refractivity contribution in [2.45, 2.75) is 10.9 Å². The van der Waals surface area contributed by atoms with Crippen LogP contribution in [0.3, 0.4) is 0 Å². The average Bonchev–Trinajstić information content (AvgIpc) is 2.68. The molecule has 0 saturated heterocycles. The van der Waals surface area contributed by atoms with Crippen LogP contribution in [-0.2, 0) is 14.8 Å². The second kappa shape index (κ2) is 7.00. The van der Waals surface area contributed by atoms with E-state index in [4.69, 9.17) is 0 Å². The quantitative estimate of drug-likeness (QED) is 0.619. The molecule has 1 unspecified atom stereocenters. The Kier molecular flexibility index (Phi) is 4.74. The van der Waals surface area contributed by atoms with Gasteiger partial charge in [0.05, 0.1) is 15.4 Å². The standard InChI is InChI=1S/C17H13N3O6S/c21-17(22)15-10-18-11-19(27(25,26)14-7-2-1-3-8-14)16(15)12-5-4-6-13(9-12)20(23)24/h1-11,16H,(H,21,22). The summed E-state index contributed by atoms with van der Waals surface area (Å²) in [6.07, 6.45) is 2.03. The van der Waals surface area contributed by atoms with Crippen LogP contribution in [0.15, 0.2) is 76.3 Å². The zero-order chi connectivity index (χ0) is 19.6. The first-order chi connectivity index (χ1) is 12.8. The highest BCUT2D eigenvalue weighted by atomic mass is 32.2. The van der Waals surface area contributed by atoms with Crippen LogP contribution in [-0.4, -0.2) is 35.1 Å². The van der Waals surface area contributed by atoms with Crippen molar-refractivity contribution in [2.75, 3.05) is 0 Å². The Balaban J connectivity index is 2.17. The number of rotatable bonds is 5. The van der Waals surface area contributed by atoms with E-state index in [1.807, 2.05) is 0 Å². The Morgan fingerprint density at radius 3 is 2.48 bits per heavy atom. The number of benzene rings is 2. The highest BCUT2D eigenvalue weighted by Crippen LogP contribution is 2.35. The van der Waals surface area contributed by atoms with Gasteiger partial charge in [0.15, 0.2) is 0 Å². The maximum atomic E-state index is 13.0. The van der Waals surface area contributed by atoms with E-state index in [1.54, 1.807) is 6.07 Å². The van der Waals surface area contributed by atoms with Gasteiger partial charge in [0.25, 0.3) is 15.7 Å². The molecule has 9 nitrogen and oxygen atoms in total. The van der Waals surface area contributed by atoms with Gasteiger partial charge in [0, 0.05) is 18.3 Å². The molecule has 0 aliphatic carbocycles. The predicted molar refractivity (Wildman–Crippen MR) is 95.5 cm³/mol. The SMILES string of the molecule is O=C(O)C1=CN=CN(S(=O)(=O)c2ccccc2)C1c1cccc([N+](=O)[O-])c1. The molecule has 3 rings (SSSR count). The fourth-order valence-corrected chi connectivity index (χ4v) is 4.11. The summed E-state index contributed by atoms with van der Waals surface area (Å²) in [7, 11) is -4.15. The normalized spacial score (nSPS) is 16.7. The van der Waals surface area contributed by atoms with E-state index in [-0.39, 0.29) is 21.7 Å². The molecular weight excluding hydrogens is 374 g/mol. The fourth-order valence-electron chi connectivity index (χ4n) is 2.68. The minimum Gasteiger partial charge on any atom is -0.478 e. The van der Waals surface area contributed by atoms with Crippen molar-refractivity contribution in [2.24, 2.45) is 4.99 Å². The summed E-state index contributed by atoms with van der Waals surface area (Å²) in [6, 6.07) is 11.3. The number of non-ortho nitro benzene ring substituents is 1. The number of sulfonamides is 1. The first-order valence-electron chi connectivity index (χ1n) is 7.62. The molecule has 138 valence electrons. The molecule has 2 aromatic rings. The van der Waals surface area contributed by atoms with Gasteiger partial charge in [0.2, 0.25) is 0 Å². The van der Waals surface area contributed by atoms with Crippen LogP contribution in [0.2, 0.25) is 0 Å². The van der Waals surface area contributed by atoms with Crippen LogP contribution in [0, 0.1) is 10.1 Å². The fraction of sp³-hybridized carbons (Fsp3) is 0.0588. The number of carboxylic acids is 1. The van der Waals surface area contributed by atoms with Crippen molar-refractivity contribution in [3.05, 3.63) is 82.0 Å². The third-order valence-corrected chi connectivity index (χ3v) is 5.63. The molecule has 0 aromatic heterocycles. The molecule has 1 aliphatic rings. The van der Waals surface area contributed by atoms with E-state index in [2.05, 4.69) is 4.99 Å². The summed E-state index contributed by atoms with van der Waals surface area (Å²) >= 11 is 0. The number of carboxylic acid groups (broad SMARTS) is 1. The molecule has 1 heterocycles. The van der Waals surface area contributed by atoms with Crippen molar-refractivity contribution < 1.29 is 23.2 Å². The molecule has 10 heteroatoms. The second-order valence-electron chi connectivity index (χ2n) is 5.56. The van der Waals surface area contributed by atoms with Crippen LogP contribution < -0.4 is 0 Å². The van der Waals surface area contributed by atoms with Gasteiger partial charge in [-0.05, 0) is 17.7 Å². The first kappa shape index (κ1) is 18.3. The summed E-state index contributed by atoms with van der Waals surface area (Å²) in [6.45, 7) is 0. The van der Waals surface area contributed by atoms with Crippen LogP contribution >= 0.6 is 0 Å². The number of aliphatic imine (C=N–C) groups is 1. The maximum Gasteiger partial charge on any atom is 0.335 e. The topological polar surface area (TPSA) is 130 Å². The third-order valence-electron chi connectivity index (χ3n) is 3.91. The molecule has 0 bridgehead atoms. The highest BCUT2D eigenvalue weighted by molar-refractivity contribution is 7.89. The summed E-state index contributed by atoms with van der Waals surface area (Å²) in [5, 5.41) is 20.6. The van der Waals surface area contributed by atoms with Crippen molar-refractivity contribution >= 4 is 28.0 Å². The Hall–Kier alpha value is -3.53. The molecule has 0 fully saturated rings. The van der Waals surface area contributed by atoms with Crippen LogP contribution in [0.4, 0.5) is 5.69 Å². The molecule has 0 radical (unpaired) electrons. The van der Waals surface area contributed by atoms with E-state index in [9.17, 15) is 28.4 Å². The Bertz CT molecular complexity index is 1060. The van der Waals surface area contributed by atoms with Gasteiger partial charge in [-0.2, -0.15) is 0 Å². The minimum atomic E-state index is -4.15. The van der Waals surface area contributed by atoms with Gasteiger partial charge in [-0.3, -0.25) is 10.1 Å². The smallest absolute Gasteiger partial charge is 0.335 e. The molecule has 0 amide bonds. The van der Waals surface area contributed by atoms with Crippen molar-refractivity contribution in [3.8, 4) is 0 Å². The number of nitrogens with zero attached hydrogens (tertiary/aromatic N) is 3. The number of carbonyl (C=O) groups is 1. The maximum absolute atomic E-state index is 13.0. The van der Waals surface area contributed by atoms with Gasteiger partial charge in [-0.1, -0.05) is 30.3 Å². The van der Waals surface area contributed by atoms with Crippen molar-refractivity contribution in [1.82, 2.24) is 4.31 Å². The molecular formula is C17H13N3O6S. The summed E-state index contributed by atoms with van der Waals surface area (Å²) in [4.78, 5) is 25.8. The van der Waals surface area contributed by atoms with E-state index in [0.717, 1.165) is 22.9 Å². The lowest BCUT2D eigenvalue weighted by molar-refractivity contribution is -0.384. The Labute approximate surface area is 154 Å². The van der Waals surface area contributed by atoms with Gasteiger partial charge in [-0.15, -0.1) is 0 Å². The average molecular weight is 387 g/mol. The molecule has 1 N–H and O–H groups in total. The van der Waals surface area contributed by atoms with E-state index in [0.29, 0.717) is 0 Å². The first-order valence-corrected chi connectivity index (χ1v) is 9.06. The lowest BCUT2D eigenvalue weighted by atomic mass is 9.98. The van der Waals surface area contributed by atoms with Crippen LogP contribution in [0.5, 0.6) is 0 Å². The Morgan fingerprint density at radius 2 is 1.85 bits per heavy atom. The second-order valence-corrected chi connectivity index (χ2v) is 7.40. The predicted octanol–water partition coefficient (Wildman–Crippen LogP) is 2.34. The number of hydrogen-bond acceptors (Lipinski definition) is 6. The van der Waals surface area contributed by atoms with Crippen molar-refractivity contribution in [1.29, 1.82) is 0 Å². The lowest BCUT2D eigenvalue weighted by Crippen LogP contribution is -2.38. The highest BCUT2D eigenvalue weighted by Gasteiger charge is 2.37. The zero-order valence-corrected chi connectivity index (χ0v) is 14.5. The summed E-state index contributed by atoms with van der Waals surface area (Å²) < 4.78 is 26.9. The molecule has 0 saturated carbocycles. The van der Waals surface area contributed by atoms with Gasteiger partial charge >= 0.3 is 5.97 Å². The minimum absolute atomic E-state index is 0.0569. The van der Waals surface area contributed by atoms with Gasteiger partial charge in [-0.25, -0.2) is 22.5 Å². The molecule has 27 heavy (non-hydrogen) atoms.